The Kier molecular flexibility index (Phi) is 2.03. The first-order valence-corrected chi connectivity index (χ1v) is 4.99. The molecule has 0 heterocycles. The summed E-state index contributed by atoms with van der Waals surface area (Å²) in [6.45, 7) is 0. The van der Waals surface area contributed by atoms with Gasteiger partial charge in [-0.2, -0.15) is 0 Å². The molecule has 2 aliphatic carbocycles. The summed E-state index contributed by atoms with van der Waals surface area (Å²) in [6, 6.07) is 0. The van der Waals surface area contributed by atoms with Gasteiger partial charge in [0.05, 0.1) is 0 Å². The van der Waals surface area contributed by atoms with Crippen LogP contribution in [0.3, 0.4) is 0 Å². The second kappa shape index (κ2) is 2.91. The molecule has 68 valence electrons. The molecule has 2 saturated carbocycles. The third-order valence-corrected chi connectivity index (χ3v) is 3.91. The van der Waals surface area contributed by atoms with E-state index in [0.29, 0.717) is 5.92 Å². The predicted molar refractivity (Wildman–Crippen MR) is 46.2 cm³/mol. The van der Waals surface area contributed by atoms with Gasteiger partial charge < -0.3 is 5.11 Å². The standard InChI is InChI=1S/C9H13ClO2/c10-8(9(11)12)7-4-5-1-2-6(7)3-5/h5-8H,1-4H2,(H,11,12)/t5-,6+,7+,8+/m1/s1. The smallest absolute Gasteiger partial charge is 0.321 e. The second-order valence-electron chi connectivity index (χ2n) is 4.08. The molecule has 12 heavy (non-hydrogen) atoms. The van der Waals surface area contributed by atoms with Gasteiger partial charge in [-0.1, -0.05) is 6.42 Å². The van der Waals surface area contributed by atoms with Gasteiger partial charge in [-0.25, -0.2) is 0 Å². The minimum atomic E-state index is -0.839. The summed E-state index contributed by atoms with van der Waals surface area (Å²) < 4.78 is 0. The molecule has 0 aliphatic heterocycles. The van der Waals surface area contributed by atoms with Crippen molar-refractivity contribution in [2.75, 3.05) is 0 Å². The molecule has 2 bridgehead atoms. The zero-order valence-electron chi connectivity index (χ0n) is 6.87. The van der Waals surface area contributed by atoms with E-state index in [2.05, 4.69) is 0 Å². The monoisotopic (exact) mass is 188 g/mol. The van der Waals surface area contributed by atoms with Crippen molar-refractivity contribution in [1.82, 2.24) is 0 Å². The Morgan fingerprint density at radius 3 is 2.58 bits per heavy atom. The highest BCUT2D eigenvalue weighted by Gasteiger charge is 2.44. The average molecular weight is 189 g/mol. The van der Waals surface area contributed by atoms with Crippen LogP contribution in [-0.4, -0.2) is 16.5 Å². The van der Waals surface area contributed by atoms with Crippen LogP contribution in [0.5, 0.6) is 0 Å². The highest BCUT2D eigenvalue weighted by molar-refractivity contribution is 6.29. The lowest BCUT2D eigenvalue weighted by atomic mass is 9.86. The molecule has 2 nitrogen and oxygen atoms in total. The Hall–Kier alpha value is -0.240. The molecule has 0 aromatic carbocycles. The summed E-state index contributed by atoms with van der Waals surface area (Å²) in [7, 11) is 0. The van der Waals surface area contributed by atoms with Crippen LogP contribution in [0.4, 0.5) is 0 Å². The van der Waals surface area contributed by atoms with E-state index in [9.17, 15) is 4.79 Å². The van der Waals surface area contributed by atoms with Crippen LogP contribution in [0, 0.1) is 17.8 Å². The number of rotatable bonds is 2. The van der Waals surface area contributed by atoms with Gasteiger partial charge in [0.15, 0.2) is 0 Å². The molecule has 0 aromatic rings. The summed E-state index contributed by atoms with van der Waals surface area (Å²) in [6.07, 6.45) is 4.77. The highest BCUT2D eigenvalue weighted by atomic mass is 35.5. The quantitative estimate of drug-likeness (QED) is 0.674. The number of hydrogen-bond acceptors (Lipinski definition) is 1. The molecule has 0 unspecified atom stereocenters. The zero-order valence-corrected chi connectivity index (χ0v) is 7.63. The third kappa shape index (κ3) is 1.22. The number of carbonyl (C=O) groups is 1. The molecular formula is C9H13ClO2. The third-order valence-electron chi connectivity index (χ3n) is 3.40. The van der Waals surface area contributed by atoms with Crippen molar-refractivity contribution in [2.24, 2.45) is 17.8 Å². The van der Waals surface area contributed by atoms with Crippen molar-refractivity contribution in [3.05, 3.63) is 0 Å². The number of alkyl halides is 1. The summed E-state index contributed by atoms with van der Waals surface area (Å²) in [4.78, 5) is 10.6. The van der Waals surface area contributed by atoms with E-state index in [0.717, 1.165) is 12.3 Å². The zero-order chi connectivity index (χ0) is 8.72. The summed E-state index contributed by atoms with van der Waals surface area (Å²) in [5.41, 5.74) is 0. The van der Waals surface area contributed by atoms with Crippen molar-refractivity contribution in [3.63, 3.8) is 0 Å². The Balaban J connectivity index is 2.02. The highest BCUT2D eigenvalue weighted by Crippen LogP contribution is 2.50. The minimum Gasteiger partial charge on any atom is -0.480 e. The molecule has 3 heteroatoms. The fourth-order valence-corrected chi connectivity index (χ4v) is 3.14. The van der Waals surface area contributed by atoms with Gasteiger partial charge >= 0.3 is 5.97 Å². The Bertz CT molecular complexity index is 205. The fraction of sp³-hybridized carbons (Fsp3) is 0.889. The predicted octanol–water partition coefficient (Wildman–Crippen LogP) is 2.11. The van der Waals surface area contributed by atoms with Crippen LogP contribution < -0.4 is 0 Å². The number of carboxylic acids is 1. The van der Waals surface area contributed by atoms with Crippen molar-refractivity contribution in [3.8, 4) is 0 Å². The van der Waals surface area contributed by atoms with Crippen LogP contribution in [0.25, 0.3) is 0 Å². The minimum absolute atomic E-state index is 0.253. The van der Waals surface area contributed by atoms with E-state index < -0.39 is 11.3 Å². The van der Waals surface area contributed by atoms with Gasteiger partial charge in [-0.15, -0.1) is 11.6 Å². The second-order valence-corrected chi connectivity index (χ2v) is 4.55. The number of halogens is 1. The SMILES string of the molecule is O=C(O)[C@@H](Cl)[C@H]1C[C@@H]2CC[C@H]1C2. The van der Waals surface area contributed by atoms with Crippen LogP contribution >= 0.6 is 11.6 Å². The first-order chi connectivity index (χ1) is 5.68. The molecule has 2 aliphatic rings. The lowest BCUT2D eigenvalue weighted by molar-refractivity contribution is -0.138. The van der Waals surface area contributed by atoms with Gasteiger partial charge in [0.2, 0.25) is 0 Å². The van der Waals surface area contributed by atoms with Gasteiger partial charge in [-0.3, -0.25) is 4.79 Å². The van der Waals surface area contributed by atoms with E-state index in [-0.39, 0.29) is 5.92 Å². The molecule has 0 amide bonds. The van der Waals surface area contributed by atoms with Crippen LogP contribution in [0.15, 0.2) is 0 Å². The van der Waals surface area contributed by atoms with E-state index >= 15 is 0 Å². The number of aliphatic carboxylic acids is 1. The molecule has 4 atom stereocenters. The van der Waals surface area contributed by atoms with Crippen molar-refractivity contribution >= 4 is 17.6 Å². The molecule has 0 saturated heterocycles. The van der Waals surface area contributed by atoms with Gasteiger partial charge in [0, 0.05) is 0 Å². The lowest BCUT2D eigenvalue weighted by Crippen LogP contribution is -2.28. The van der Waals surface area contributed by atoms with Gasteiger partial charge in [0.1, 0.15) is 5.38 Å². The van der Waals surface area contributed by atoms with Crippen LogP contribution in [0.2, 0.25) is 0 Å². The Labute approximate surface area is 76.9 Å². The Morgan fingerprint density at radius 2 is 2.17 bits per heavy atom. The van der Waals surface area contributed by atoms with Crippen molar-refractivity contribution in [1.29, 1.82) is 0 Å². The number of carboxylic acid groups (broad SMARTS) is 1. The number of hydrogen-bond donors (Lipinski definition) is 1. The topological polar surface area (TPSA) is 37.3 Å². The fourth-order valence-electron chi connectivity index (χ4n) is 2.84. The van der Waals surface area contributed by atoms with E-state index in [1.807, 2.05) is 0 Å². The molecule has 1 N–H and O–H groups in total. The van der Waals surface area contributed by atoms with E-state index in [1.54, 1.807) is 0 Å². The summed E-state index contributed by atoms with van der Waals surface area (Å²) >= 11 is 5.82. The lowest BCUT2D eigenvalue weighted by Gasteiger charge is -2.23. The van der Waals surface area contributed by atoms with Crippen molar-refractivity contribution in [2.45, 2.75) is 31.1 Å². The van der Waals surface area contributed by atoms with Crippen molar-refractivity contribution < 1.29 is 9.90 Å². The largest absolute Gasteiger partial charge is 0.480 e. The molecule has 2 fully saturated rings. The molecule has 0 radical (unpaired) electrons. The summed E-state index contributed by atoms with van der Waals surface area (Å²) in [5.74, 6) is 0.798. The van der Waals surface area contributed by atoms with Gasteiger partial charge in [0.25, 0.3) is 0 Å². The maximum Gasteiger partial charge on any atom is 0.321 e. The molecular weight excluding hydrogens is 176 g/mol. The maximum atomic E-state index is 10.6. The van der Waals surface area contributed by atoms with Crippen LogP contribution in [0.1, 0.15) is 25.7 Å². The van der Waals surface area contributed by atoms with Crippen LogP contribution in [-0.2, 0) is 4.79 Å². The number of fused-ring (bicyclic) bond motifs is 2. The van der Waals surface area contributed by atoms with Gasteiger partial charge in [-0.05, 0) is 37.0 Å². The summed E-state index contributed by atoms with van der Waals surface area (Å²) in [5, 5.41) is 8.10. The Morgan fingerprint density at radius 1 is 1.42 bits per heavy atom. The normalized spacial score (nSPS) is 41.6. The molecule has 0 spiro atoms. The van der Waals surface area contributed by atoms with E-state index in [4.69, 9.17) is 16.7 Å². The first-order valence-electron chi connectivity index (χ1n) is 4.55. The average Bonchev–Trinajstić information content (AvgIpc) is 2.62. The van der Waals surface area contributed by atoms with E-state index in [1.165, 1.54) is 19.3 Å². The first kappa shape index (κ1) is 8.36. The molecule has 0 aromatic heterocycles. The molecule has 2 rings (SSSR count). The maximum absolute atomic E-state index is 10.6.